The van der Waals surface area contributed by atoms with Crippen molar-refractivity contribution < 1.29 is 14.3 Å². The Bertz CT molecular complexity index is 344. The minimum absolute atomic E-state index is 0.617. The number of H-pyrrole nitrogens is 1. The molecule has 0 fully saturated rings. The highest BCUT2D eigenvalue weighted by Gasteiger charge is 2.09. The molecule has 2 N–H and O–H groups in total. The molecule has 0 amide bonds. The van der Waals surface area contributed by atoms with Gasteiger partial charge in [-0.3, -0.25) is 4.79 Å². The number of hydrogen-bond donors (Lipinski definition) is 2. The van der Waals surface area contributed by atoms with Gasteiger partial charge in [0.1, 0.15) is 5.56 Å². The largest absolute Gasteiger partial charge is 0.478 e. The van der Waals surface area contributed by atoms with Gasteiger partial charge in [0, 0.05) is 12.3 Å². The number of halogens is 1. The van der Waals surface area contributed by atoms with Gasteiger partial charge in [-0.1, -0.05) is 0 Å². The van der Waals surface area contributed by atoms with E-state index in [0.29, 0.717) is 12.3 Å². The van der Waals surface area contributed by atoms with Crippen LogP contribution in [0.25, 0.3) is 0 Å². The molecular weight excluding hydrogens is 153 g/mol. The van der Waals surface area contributed by atoms with Crippen LogP contribution in [0.5, 0.6) is 0 Å². The third-order valence-electron chi connectivity index (χ3n) is 1.10. The van der Waals surface area contributed by atoms with Crippen LogP contribution in [-0.2, 0) is 0 Å². The second kappa shape index (κ2) is 2.53. The van der Waals surface area contributed by atoms with Crippen molar-refractivity contribution >= 4 is 5.97 Å². The van der Waals surface area contributed by atoms with Gasteiger partial charge in [0.2, 0.25) is 5.56 Å². The lowest BCUT2D eigenvalue weighted by molar-refractivity contribution is 0.0691. The van der Waals surface area contributed by atoms with Gasteiger partial charge in [-0.25, -0.2) is 9.18 Å². The van der Waals surface area contributed by atoms with E-state index in [2.05, 4.69) is 0 Å². The molecule has 4 nitrogen and oxygen atoms in total. The van der Waals surface area contributed by atoms with E-state index in [9.17, 15) is 14.0 Å². The number of carboxylic acids is 1. The van der Waals surface area contributed by atoms with Gasteiger partial charge in [0.15, 0.2) is 5.82 Å². The van der Waals surface area contributed by atoms with Crippen LogP contribution in [0.3, 0.4) is 0 Å². The third-order valence-corrected chi connectivity index (χ3v) is 1.10. The number of carbonyl (C=O) groups is 1. The molecule has 0 aliphatic rings. The van der Waals surface area contributed by atoms with E-state index in [-0.39, 0.29) is 0 Å². The lowest BCUT2D eigenvalue weighted by atomic mass is 10.2. The lowest BCUT2D eigenvalue weighted by Crippen LogP contribution is -2.10. The van der Waals surface area contributed by atoms with E-state index in [1.54, 1.807) is 0 Å². The zero-order valence-electron chi connectivity index (χ0n) is 5.30. The summed E-state index contributed by atoms with van der Waals surface area (Å²) in [5.41, 5.74) is -1.25. The predicted molar refractivity (Wildman–Crippen MR) is 34.0 cm³/mol. The Labute approximate surface area is 60.3 Å². The minimum atomic E-state index is -1.45. The Morgan fingerprint density at radius 3 is 2.73 bits per heavy atom. The summed E-state index contributed by atoms with van der Waals surface area (Å²) >= 11 is 0. The van der Waals surface area contributed by atoms with Crippen LogP contribution in [0.1, 0.15) is 10.4 Å². The second-order valence-electron chi connectivity index (χ2n) is 1.86. The number of pyridine rings is 1. The average molecular weight is 157 g/mol. The summed E-state index contributed by atoms with van der Waals surface area (Å²) in [6.07, 6.45) is 0.714. The number of aromatic amines is 1. The molecule has 0 saturated heterocycles. The molecule has 0 aromatic carbocycles. The smallest absolute Gasteiger partial charge is 0.338 e. The second-order valence-corrected chi connectivity index (χ2v) is 1.86. The number of hydrogen-bond acceptors (Lipinski definition) is 2. The van der Waals surface area contributed by atoms with Gasteiger partial charge in [-0.15, -0.1) is 0 Å². The number of aromatic nitrogens is 1. The summed E-state index contributed by atoms with van der Waals surface area (Å²) in [7, 11) is 0. The zero-order chi connectivity index (χ0) is 8.43. The zero-order valence-corrected chi connectivity index (χ0v) is 5.30. The van der Waals surface area contributed by atoms with E-state index in [1.807, 2.05) is 4.98 Å². The summed E-state index contributed by atoms with van der Waals surface area (Å²) in [5, 5.41) is 8.30. The van der Waals surface area contributed by atoms with E-state index in [0.717, 1.165) is 0 Å². The van der Waals surface area contributed by atoms with Crippen LogP contribution < -0.4 is 5.56 Å². The van der Waals surface area contributed by atoms with Gasteiger partial charge in [0.25, 0.3) is 0 Å². The van der Waals surface area contributed by atoms with E-state index in [1.165, 1.54) is 0 Å². The summed E-state index contributed by atoms with van der Waals surface area (Å²) in [5.74, 6) is -2.40. The Balaban J connectivity index is 3.35. The Morgan fingerprint density at radius 1 is 1.64 bits per heavy atom. The van der Waals surface area contributed by atoms with Crippen molar-refractivity contribution in [3.05, 3.63) is 34.0 Å². The molecule has 0 aliphatic heterocycles. The predicted octanol–water partition coefficient (Wildman–Crippen LogP) is 0.212. The van der Waals surface area contributed by atoms with E-state index < -0.39 is 22.9 Å². The number of nitrogens with one attached hydrogen (secondary N) is 1. The highest BCUT2D eigenvalue weighted by Crippen LogP contribution is 2.00. The molecule has 11 heavy (non-hydrogen) atoms. The van der Waals surface area contributed by atoms with E-state index >= 15 is 0 Å². The SMILES string of the molecule is O=C(O)c1cc(=O)[nH]cc1F. The van der Waals surface area contributed by atoms with Crippen LogP contribution in [0.2, 0.25) is 0 Å². The molecule has 5 heteroatoms. The fourth-order valence-electron chi connectivity index (χ4n) is 0.618. The topological polar surface area (TPSA) is 70.2 Å². The molecule has 0 atom stereocenters. The normalized spacial score (nSPS) is 9.55. The van der Waals surface area contributed by atoms with Crippen molar-refractivity contribution in [3.8, 4) is 0 Å². The molecule has 1 heterocycles. The van der Waals surface area contributed by atoms with Crippen molar-refractivity contribution in [3.63, 3.8) is 0 Å². The van der Waals surface area contributed by atoms with Gasteiger partial charge in [-0.2, -0.15) is 0 Å². The summed E-state index contributed by atoms with van der Waals surface area (Å²) in [6, 6.07) is 0.692. The highest BCUT2D eigenvalue weighted by atomic mass is 19.1. The molecule has 58 valence electrons. The first-order chi connectivity index (χ1) is 5.11. The fourth-order valence-corrected chi connectivity index (χ4v) is 0.618. The van der Waals surface area contributed by atoms with Crippen LogP contribution in [0, 0.1) is 5.82 Å². The first-order valence-electron chi connectivity index (χ1n) is 2.73. The van der Waals surface area contributed by atoms with Crippen LogP contribution in [-0.4, -0.2) is 16.1 Å². The monoisotopic (exact) mass is 157 g/mol. The Morgan fingerprint density at radius 2 is 2.27 bits per heavy atom. The van der Waals surface area contributed by atoms with Crippen molar-refractivity contribution in [1.82, 2.24) is 4.98 Å². The molecule has 0 aliphatic carbocycles. The summed E-state index contributed by atoms with van der Waals surface area (Å²) in [4.78, 5) is 22.6. The lowest BCUT2D eigenvalue weighted by Gasteiger charge is -1.92. The van der Waals surface area contributed by atoms with E-state index in [4.69, 9.17) is 5.11 Å². The van der Waals surface area contributed by atoms with Crippen LogP contribution >= 0.6 is 0 Å². The summed E-state index contributed by atoms with van der Waals surface area (Å²) < 4.78 is 12.5. The molecule has 1 rings (SSSR count). The summed E-state index contributed by atoms with van der Waals surface area (Å²) in [6.45, 7) is 0. The van der Waals surface area contributed by atoms with Crippen molar-refractivity contribution in [2.75, 3.05) is 0 Å². The standard InChI is InChI=1S/C6H4FNO3/c7-4-2-8-5(9)1-3(4)6(10)11/h1-2H,(H,8,9)(H,10,11). The maximum Gasteiger partial charge on any atom is 0.338 e. The quantitative estimate of drug-likeness (QED) is 0.612. The first-order valence-corrected chi connectivity index (χ1v) is 2.73. The Kier molecular flexibility index (Phi) is 1.72. The third kappa shape index (κ3) is 1.43. The molecule has 1 aromatic heterocycles. The van der Waals surface area contributed by atoms with Gasteiger partial charge in [-0.05, 0) is 0 Å². The van der Waals surface area contributed by atoms with Crippen molar-refractivity contribution in [2.45, 2.75) is 0 Å². The maximum absolute atomic E-state index is 12.5. The van der Waals surface area contributed by atoms with Crippen LogP contribution in [0.15, 0.2) is 17.1 Å². The van der Waals surface area contributed by atoms with Crippen molar-refractivity contribution in [2.24, 2.45) is 0 Å². The molecule has 1 aromatic rings. The Hall–Kier alpha value is -1.65. The highest BCUT2D eigenvalue weighted by molar-refractivity contribution is 5.87. The number of carboxylic acid groups (broad SMARTS) is 1. The van der Waals surface area contributed by atoms with Gasteiger partial charge >= 0.3 is 5.97 Å². The molecule has 0 spiro atoms. The van der Waals surface area contributed by atoms with Gasteiger partial charge < -0.3 is 10.1 Å². The first kappa shape index (κ1) is 7.46. The van der Waals surface area contributed by atoms with Crippen molar-refractivity contribution in [1.29, 1.82) is 0 Å². The fraction of sp³-hybridized carbons (Fsp3) is 0. The molecule has 0 unspecified atom stereocenters. The molecule has 0 radical (unpaired) electrons. The maximum atomic E-state index is 12.5. The molecule has 0 bridgehead atoms. The number of aromatic carboxylic acids is 1. The number of rotatable bonds is 1. The molecular formula is C6H4FNO3. The molecule has 0 saturated carbocycles. The minimum Gasteiger partial charge on any atom is -0.478 e. The van der Waals surface area contributed by atoms with Crippen LogP contribution in [0.4, 0.5) is 4.39 Å². The average Bonchev–Trinajstić information content (AvgIpc) is 1.94. The van der Waals surface area contributed by atoms with Gasteiger partial charge in [0.05, 0.1) is 0 Å².